The maximum Gasteiger partial charge on any atom is 0.145 e. The molecule has 0 spiro atoms. The minimum absolute atomic E-state index is 0.126. The zero-order valence-corrected chi connectivity index (χ0v) is 10.8. The Morgan fingerprint density at radius 2 is 2.11 bits per heavy atom. The Kier molecular flexibility index (Phi) is 3.98. The second-order valence-corrected chi connectivity index (χ2v) is 5.51. The Labute approximate surface area is 108 Å². The average Bonchev–Trinajstić information content (AvgIpc) is 2.79. The van der Waals surface area contributed by atoms with Crippen LogP contribution in [0.2, 0.25) is 0 Å². The van der Waals surface area contributed by atoms with E-state index in [1.807, 2.05) is 6.07 Å². The lowest BCUT2D eigenvalue weighted by atomic mass is 9.89. The lowest BCUT2D eigenvalue weighted by molar-refractivity contribution is 0.314. The first kappa shape index (κ1) is 13.0. The summed E-state index contributed by atoms with van der Waals surface area (Å²) in [5.41, 5.74) is 1.07. The molecule has 18 heavy (non-hydrogen) atoms. The molecule has 2 nitrogen and oxygen atoms in total. The lowest BCUT2D eigenvalue weighted by Gasteiger charge is -2.23. The van der Waals surface area contributed by atoms with Crippen LogP contribution in [0.5, 0.6) is 0 Å². The highest BCUT2D eigenvalue weighted by molar-refractivity contribution is 5.34. The molecular weight excluding hydrogens is 227 g/mol. The molecule has 0 aliphatic heterocycles. The van der Waals surface area contributed by atoms with Crippen molar-refractivity contribution in [2.45, 2.75) is 39.2 Å². The van der Waals surface area contributed by atoms with Crippen LogP contribution >= 0.6 is 0 Å². The number of nitrogens with zero attached hydrogens (tertiary/aromatic N) is 1. The number of nitriles is 1. The minimum Gasteiger partial charge on any atom is -0.312 e. The number of hydrogen-bond donors (Lipinski definition) is 1. The Balaban J connectivity index is 1.93. The fraction of sp³-hybridized carbons (Fsp3) is 0.533. The molecule has 1 fully saturated rings. The van der Waals surface area contributed by atoms with Crippen molar-refractivity contribution in [2.24, 2.45) is 5.41 Å². The van der Waals surface area contributed by atoms with Gasteiger partial charge in [0.05, 0.1) is 5.56 Å². The van der Waals surface area contributed by atoms with E-state index >= 15 is 0 Å². The van der Waals surface area contributed by atoms with Gasteiger partial charge in [0, 0.05) is 18.7 Å². The summed E-state index contributed by atoms with van der Waals surface area (Å²) < 4.78 is 13.8. The first-order valence-electron chi connectivity index (χ1n) is 6.53. The predicted octanol–water partition coefficient (Wildman–Crippen LogP) is 3.37. The Morgan fingerprint density at radius 3 is 2.78 bits per heavy atom. The third-order valence-electron chi connectivity index (χ3n) is 3.88. The van der Waals surface area contributed by atoms with Crippen molar-refractivity contribution in [3.8, 4) is 6.07 Å². The summed E-state index contributed by atoms with van der Waals surface area (Å²) >= 11 is 0. The van der Waals surface area contributed by atoms with Crippen LogP contribution in [-0.2, 0) is 6.54 Å². The summed E-state index contributed by atoms with van der Waals surface area (Å²) in [6.07, 6.45) is 5.11. The minimum atomic E-state index is -0.385. The summed E-state index contributed by atoms with van der Waals surface area (Å²) in [7, 11) is 0. The van der Waals surface area contributed by atoms with Gasteiger partial charge in [0.15, 0.2) is 0 Å². The van der Waals surface area contributed by atoms with E-state index < -0.39 is 0 Å². The van der Waals surface area contributed by atoms with Crippen LogP contribution in [-0.4, -0.2) is 6.54 Å². The van der Waals surface area contributed by atoms with Gasteiger partial charge >= 0.3 is 0 Å². The molecule has 1 aliphatic rings. The molecule has 0 radical (unpaired) electrons. The van der Waals surface area contributed by atoms with Gasteiger partial charge in [-0.15, -0.1) is 0 Å². The number of benzene rings is 1. The standard InChI is InChI=1S/C15H19FN2/c1-15(7-2-3-8-15)11-18-10-13-6-4-5-12(9-17)14(13)16/h4-6,18H,2-3,7-8,10-11H2,1H3. The molecule has 1 aromatic rings. The highest BCUT2D eigenvalue weighted by Gasteiger charge is 2.27. The van der Waals surface area contributed by atoms with Crippen LogP contribution in [0.25, 0.3) is 0 Å². The van der Waals surface area contributed by atoms with Crippen molar-refractivity contribution in [3.05, 3.63) is 35.1 Å². The Hall–Kier alpha value is -1.40. The van der Waals surface area contributed by atoms with Gasteiger partial charge in [-0.05, 0) is 24.3 Å². The molecule has 2 rings (SSSR count). The monoisotopic (exact) mass is 246 g/mol. The summed E-state index contributed by atoms with van der Waals surface area (Å²) in [5, 5.41) is 12.1. The van der Waals surface area contributed by atoms with Crippen molar-refractivity contribution in [3.63, 3.8) is 0 Å². The van der Waals surface area contributed by atoms with E-state index in [1.54, 1.807) is 12.1 Å². The molecule has 0 saturated heterocycles. The van der Waals surface area contributed by atoms with Crippen LogP contribution in [0.3, 0.4) is 0 Å². The molecule has 96 valence electrons. The molecule has 0 unspecified atom stereocenters. The predicted molar refractivity (Wildman–Crippen MR) is 69.4 cm³/mol. The number of nitrogens with one attached hydrogen (secondary N) is 1. The maximum atomic E-state index is 13.8. The summed E-state index contributed by atoms with van der Waals surface area (Å²) in [5.74, 6) is -0.385. The van der Waals surface area contributed by atoms with Gasteiger partial charge in [0.2, 0.25) is 0 Å². The molecule has 1 N–H and O–H groups in total. The van der Waals surface area contributed by atoms with E-state index in [2.05, 4.69) is 12.2 Å². The van der Waals surface area contributed by atoms with Crippen LogP contribution in [0.1, 0.15) is 43.7 Å². The molecule has 0 atom stereocenters. The van der Waals surface area contributed by atoms with Gasteiger partial charge in [-0.25, -0.2) is 4.39 Å². The quantitative estimate of drug-likeness (QED) is 0.884. The zero-order valence-electron chi connectivity index (χ0n) is 10.8. The molecule has 0 heterocycles. The zero-order chi connectivity index (χ0) is 13.0. The van der Waals surface area contributed by atoms with E-state index in [-0.39, 0.29) is 11.4 Å². The van der Waals surface area contributed by atoms with Crippen LogP contribution in [0, 0.1) is 22.6 Å². The molecule has 0 bridgehead atoms. The number of rotatable bonds is 4. The molecule has 1 saturated carbocycles. The van der Waals surface area contributed by atoms with Crippen molar-refractivity contribution in [1.82, 2.24) is 5.32 Å². The molecule has 1 aromatic carbocycles. The third kappa shape index (κ3) is 2.88. The van der Waals surface area contributed by atoms with Crippen molar-refractivity contribution >= 4 is 0 Å². The fourth-order valence-corrected chi connectivity index (χ4v) is 2.71. The van der Waals surface area contributed by atoms with Gasteiger partial charge in [0.1, 0.15) is 11.9 Å². The van der Waals surface area contributed by atoms with E-state index in [1.165, 1.54) is 31.7 Å². The third-order valence-corrected chi connectivity index (χ3v) is 3.88. The molecule has 0 aromatic heterocycles. The van der Waals surface area contributed by atoms with E-state index in [0.29, 0.717) is 17.5 Å². The number of hydrogen-bond acceptors (Lipinski definition) is 2. The maximum absolute atomic E-state index is 13.8. The van der Waals surface area contributed by atoms with Gasteiger partial charge in [-0.3, -0.25) is 0 Å². The summed E-state index contributed by atoms with van der Waals surface area (Å²) in [6.45, 7) is 3.70. The highest BCUT2D eigenvalue weighted by Crippen LogP contribution is 2.36. The van der Waals surface area contributed by atoms with E-state index in [9.17, 15) is 4.39 Å². The van der Waals surface area contributed by atoms with Gasteiger partial charge in [0.25, 0.3) is 0 Å². The SMILES string of the molecule is CC1(CNCc2cccc(C#N)c2F)CCCC1. The van der Waals surface area contributed by atoms with Gasteiger partial charge in [-0.2, -0.15) is 5.26 Å². The Morgan fingerprint density at radius 1 is 1.39 bits per heavy atom. The van der Waals surface area contributed by atoms with Crippen LogP contribution < -0.4 is 5.32 Å². The van der Waals surface area contributed by atoms with Crippen LogP contribution in [0.4, 0.5) is 4.39 Å². The molecule has 0 amide bonds. The second-order valence-electron chi connectivity index (χ2n) is 5.51. The van der Waals surface area contributed by atoms with Crippen molar-refractivity contribution in [2.75, 3.05) is 6.54 Å². The fourth-order valence-electron chi connectivity index (χ4n) is 2.71. The van der Waals surface area contributed by atoms with E-state index in [4.69, 9.17) is 5.26 Å². The average molecular weight is 246 g/mol. The molecule has 1 aliphatic carbocycles. The lowest BCUT2D eigenvalue weighted by Crippen LogP contribution is -2.29. The summed E-state index contributed by atoms with van der Waals surface area (Å²) in [6, 6.07) is 6.85. The second kappa shape index (κ2) is 5.49. The van der Waals surface area contributed by atoms with Crippen molar-refractivity contribution < 1.29 is 4.39 Å². The van der Waals surface area contributed by atoms with Gasteiger partial charge < -0.3 is 5.32 Å². The first-order valence-corrected chi connectivity index (χ1v) is 6.53. The largest absolute Gasteiger partial charge is 0.312 e. The van der Waals surface area contributed by atoms with E-state index in [0.717, 1.165) is 6.54 Å². The first-order chi connectivity index (χ1) is 8.64. The number of halogens is 1. The van der Waals surface area contributed by atoms with Crippen LogP contribution in [0.15, 0.2) is 18.2 Å². The van der Waals surface area contributed by atoms with Crippen molar-refractivity contribution in [1.29, 1.82) is 5.26 Å². The normalized spacial score (nSPS) is 17.6. The molecular formula is C15H19FN2. The molecule has 3 heteroatoms. The summed E-state index contributed by atoms with van der Waals surface area (Å²) in [4.78, 5) is 0. The highest BCUT2D eigenvalue weighted by atomic mass is 19.1. The Bertz CT molecular complexity index is 456. The topological polar surface area (TPSA) is 35.8 Å². The van der Waals surface area contributed by atoms with Gasteiger partial charge in [-0.1, -0.05) is 31.9 Å². The smallest absolute Gasteiger partial charge is 0.145 e.